The molecule has 1 aromatic carbocycles. The van der Waals surface area contributed by atoms with E-state index >= 15 is 0 Å². The zero-order chi connectivity index (χ0) is 15.9. The second-order valence-electron chi connectivity index (χ2n) is 5.59. The van der Waals surface area contributed by atoms with Gasteiger partial charge in [-0.25, -0.2) is 9.18 Å². The predicted octanol–water partition coefficient (Wildman–Crippen LogP) is 2.67. The second kappa shape index (κ2) is 7.98. The van der Waals surface area contributed by atoms with Crippen LogP contribution >= 0.6 is 0 Å². The van der Waals surface area contributed by atoms with E-state index in [2.05, 4.69) is 10.2 Å². The van der Waals surface area contributed by atoms with Crippen molar-refractivity contribution >= 4 is 6.09 Å². The number of carboxylic acid groups (broad SMARTS) is 1. The number of likely N-dealkylation sites (tertiary alicyclic amines) is 1. The van der Waals surface area contributed by atoms with Crippen molar-refractivity contribution in [1.29, 1.82) is 0 Å². The fourth-order valence-corrected chi connectivity index (χ4v) is 2.99. The summed E-state index contributed by atoms with van der Waals surface area (Å²) in [5.74, 6) is 0.850. The lowest BCUT2D eigenvalue weighted by atomic mass is 9.88. The molecule has 1 aliphatic heterocycles. The summed E-state index contributed by atoms with van der Waals surface area (Å²) in [5, 5.41) is 10.9. The lowest BCUT2D eigenvalue weighted by Crippen LogP contribution is -2.35. The minimum Gasteiger partial charge on any atom is -0.496 e. The first-order chi connectivity index (χ1) is 10.6. The summed E-state index contributed by atoms with van der Waals surface area (Å²) in [6.07, 6.45) is 1.76. The number of ether oxygens (including phenoxy) is 1. The number of methoxy groups -OCH3 is 1. The Morgan fingerprint density at radius 2 is 2.18 bits per heavy atom. The third-order valence-corrected chi connectivity index (χ3v) is 4.15. The predicted molar refractivity (Wildman–Crippen MR) is 82.0 cm³/mol. The highest BCUT2D eigenvalue weighted by Crippen LogP contribution is 2.34. The van der Waals surface area contributed by atoms with Crippen LogP contribution < -0.4 is 10.1 Å². The van der Waals surface area contributed by atoms with Crippen LogP contribution in [0.3, 0.4) is 0 Å². The molecule has 1 aliphatic rings. The molecule has 22 heavy (non-hydrogen) atoms. The van der Waals surface area contributed by atoms with Gasteiger partial charge in [0, 0.05) is 12.1 Å². The number of piperidine rings is 1. The molecule has 0 bridgehead atoms. The van der Waals surface area contributed by atoms with Crippen LogP contribution in [0.1, 0.15) is 30.7 Å². The highest BCUT2D eigenvalue weighted by molar-refractivity contribution is 5.64. The maximum absolute atomic E-state index is 13.5. The number of benzene rings is 1. The summed E-state index contributed by atoms with van der Waals surface area (Å²) >= 11 is 0. The highest BCUT2D eigenvalue weighted by Gasteiger charge is 2.23. The molecule has 0 unspecified atom stereocenters. The molecule has 1 heterocycles. The summed E-state index contributed by atoms with van der Waals surface area (Å²) in [6.45, 7) is 3.25. The van der Waals surface area contributed by atoms with Gasteiger partial charge < -0.3 is 20.1 Å². The average Bonchev–Trinajstić information content (AvgIpc) is 2.52. The van der Waals surface area contributed by atoms with Crippen molar-refractivity contribution in [3.05, 3.63) is 29.6 Å². The largest absolute Gasteiger partial charge is 0.496 e. The third-order valence-electron chi connectivity index (χ3n) is 4.15. The Morgan fingerprint density at radius 3 is 2.82 bits per heavy atom. The zero-order valence-electron chi connectivity index (χ0n) is 12.8. The van der Waals surface area contributed by atoms with Gasteiger partial charge in [0.2, 0.25) is 0 Å². The van der Waals surface area contributed by atoms with E-state index in [1.807, 2.05) is 0 Å². The van der Waals surface area contributed by atoms with Crippen LogP contribution in [0.4, 0.5) is 9.18 Å². The van der Waals surface area contributed by atoms with Crippen molar-refractivity contribution in [3.63, 3.8) is 0 Å². The van der Waals surface area contributed by atoms with Crippen LogP contribution in [0.5, 0.6) is 5.75 Å². The SMILES string of the molecule is COc1ccc(F)cc1C1CCN(CCCNC(=O)O)CC1. The number of halogens is 1. The summed E-state index contributed by atoms with van der Waals surface area (Å²) in [7, 11) is 1.61. The molecular formula is C16H23FN2O3. The fourth-order valence-electron chi connectivity index (χ4n) is 2.99. The maximum atomic E-state index is 13.5. The molecule has 0 radical (unpaired) electrons. The summed E-state index contributed by atoms with van der Waals surface area (Å²) < 4.78 is 18.8. The van der Waals surface area contributed by atoms with Crippen molar-refractivity contribution in [3.8, 4) is 5.75 Å². The van der Waals surface area contributed by atoms with E-state index in [-0.39, 0.29) is 5.82 Å². The smallest absolute Gasteiger partial charge is 0.404 e. The first-order valence-corrected chi connectivity index (χ1v) is 7.62. The van der Waals surface area contributed by atoms with Gasteiger partial charge >= 0.3 is 6.09 Å². The molecule has 0 atom stereocenters. The number of hydrogen-bond donors (Lipinski definition) is 2. The molecule has 0 aliphatic carbocycles. The average molecular weight is 310 g/mol. The molecule has 6 heteroatoms. The first-order valence-electron chi connectivity index (χ1n) is 7.62. The van der Waals surface area contributed by atoms with Crippen LogP contribution in [-0.4, -0.2) is 49.4 Å². The van der Waals surface area contributed by atoms with Crippen molar-refractivity contribution < 1.29 is 19.0 Å². The topological polar surface area (TPSA) is 61.8 Å². The highest BCUT2D eigenvalue weighted by atomic mass is 19.1. The van der Waals surface area contributed by atoms with Crippen molar-refractivity contribution in [2.75, 3.05) is 33.3 Å². The van der Waals surface area contributed by atoms with Crippen LogP contribution in [0.15, 0.2) is 18.2 Å². The van der Waals surface area contributed by atoms with Gasteiger partial charge in [0.25, 0.3) is 0 Å². The number of nitrogens with one attached hydrogen (secondary N) is 1. The van der Waals surface area contributed by atoms with Crippen LogP contribution in [0, 0.1) is 5.82 Å². The Bertz CT molecular complexity index is 502. The zero-order valence-corrected chi connectivity index (χ0v) is 12.8. The Kier molecular flexibility index (Phi) is 6.00. The van der Waals surface area contributed by atoms with Crippen LogP contribution in [0.2, 0.25) is 0 Å². The van der Waals surface area contributed by atoms with E-state index < -0.39 is 6.09 Å². The van der Waals surface area contributed by atoms with E-state index in [0.29, 0.717) is 12.5 Å². The Labute approximate surface area is 130 Å². The number of nitrogens with zero attached hydrogens (tertiary/aromatic N) is 1. The Balaban J connectivity index is 1.82. The van der Waals surface area contributed by atoms with Crippen molar-refractivity contribution in [1.82, 2.24) is 10.2 Å². The third kappa shape index (κ3) is 4.59. The number of rotatable bonds is 6. The van der Waals surface area contributed by atoms with E-state index in [1.54, 1.807) is 19.2 Å². The summed E-state index contributed by atoms with van der Waals surface area (Å²) in [5.41, 5.74) is 0.953. The molecule has 1 aromatic rings. The monoisotopic (exact) mass is 310 g/mol. The molecule has 0 saturated carbocycles. The Hall–Kier alpha value is -1.82. The van der Waals surface area contributed by atoms with Gasteiger partial charge in [0.05, 0.1) is 7.11 Å². The molecule has 2 N–H and O–H groups in total. The van der Waals surface area contributed by atoms with E-state index in [1.165, 1.54) is 6.07 Å². The molecular weight excluding hydrogens is 287 g/mol. The lowest BCUT2D eigenvalue weighted by Gasteiger charge is -2.32. The fraction of sp³-hybridized carbons (Fsp3) is 0.562. The van der Waals surface area contributed by atoms with Gasteiger partial charge in [-0.3, -0.25) is 0 Å². The quantitative estimate of drug-likeness (QED) is 0.793. The van der Waals surface area contributed by atoms with E-state index in [0.717, 1.165) is 50.2 Å². The van der Waals surface area contributed by atoms with E-state index in [4.69, 9.17) is 9.84 Å². The van der Waals surface area contributed by atoms with Gasteiger partial charge in [-0.2, -0.15) is 0 Å². The normalized spacial score (nSPS) is 16.5. The first kappa shape index (κ1) is 16.5. The van der Waals surface area contributed by atoms with E-state index in [9.17, 15) is 9.18 Å². The molecule has 1 fully saturated rings. The number of hydrogen-bond acceptors (Lipinski definition) is 3. The van der Waals surface area contributed by atoms with Gasteiger partial charge in [-0.05, 0) is 63.0 Å². The molecule has 1 saturated heterocycles. The maximum Gasteiger partial charge on any atom is 0.404 e. The van der Waals surface area contributed by atoms with Crippen molar-refractivity contribution in [2.24, 2.45) is 0 Å². The minimum atomic E-state index is -0.975. The van der Waals surface area contributed by atoms with Gasteiger partial charge in [0.1, 0.15) is 11.6 Å². The minimum absolute atomic E-state index is 0.224. The molecule has 0 spiro atoms. The molecule has 1 amide bonds. The van der Waals surface area contributed by atoms with Gasteiger partial charge in [0.15, 0.2) is 0 Å². The number of carbonyl (C=O) groups is 1. The molecule has 0 aromatic heterocycles. The molecule has 2 rings (SSSR count). The molecule has 122 valence electrons. The lowest BCUT2D eigenvalue weighted by molar-refractivity contribution is 0.189. The Morgan fingerprint density at radius 1 is 1.45 bits per heavy atom. The second-order valence-corrected chi connectivity index (χ2v) is 5.59. The molecule has 5 nitrogen and oxygen atoms in total. The van der Waals surface area contributed by atoms with Gasteiger partial charge in [-0.1, -0.05) is 0 Å². The number of amides is 1. The summed E-state index contributed by atoms with van der Waals surface area (Å²) in [4.78, 5) is 12.7. The van der Waals surface area contributed by atoms with Crippen LogP contribution in [-0.2, 0) is 0 Å². The van der Waals surface area contributed by atoms with Crippen molar-refractivity contribution in [2.45, 2.75) is 25.2 Å². The summed E-state index contributed by atoms with van der Waals surface area (Å²) in [6, 6.07) is 4.69. The van der Waals surface area contributed by atoms with Gasteiger partial charge in [-0.15, -0.1) is 0 Å². The van der Waals surface area contributed by atoms with Crippen LogP contribution in [0.25, 0.3) is 0 Å². The standard InChI is InChI=1S/C16H23FN2O3/c1-22-15-4-3-13(17)11-14(15)12-5-9-19(10-6-12)8-2-7-18-16(20)21/h3-4,11-12,18H,2,5-10H2,1H3,(H,20,21).